The topological polar surface area (TPSA) is 38.7 Å². The minimum Gasteiger partial charge on any atom is -0.492 e. The standard InChI is InChI=1S/C15H21ClO3/c16-14-6-4-5-12-11-13(7-8-17)18-9-2-1-3-10-19-15(12)14/h4-6,13,17H,1-3,7-11H2. The Morgan fingerprint density at radius 3 is 2.89 bits per heavy atom. The number of halogens is 1. The van der Waals surface area contributed by atoms with Crippen LogP contribution in [0.2, 0.25) is 5.02 Å². The number of benzene rings is 1. The summed E-state index contributed by atoms with van der Waals surface area (Å²) < 4.78 is 11.7. The Morgan fingerprint density at radius 1 is 1.21 bits per heavy atom. The normalized spacial score (nSPS) is 21.1. The fraction of sp³-hybridized carbons (Fsp3) is 0.600. The van der Waals surface area contributed by atoms with Crippen LogP contribution in [0.1, 0.15) is 31.2 Å². The number of ether oxygens (including phenoxy) is 2. The van der Waals surface area contributed by atoms with E-state index in [2.05, 4.69) is 0 Å². The van der Waals surface area contributed by atoms with Gasteiger partial charge in [0.1, 0.15) is 5.75 Å². The van der Waals surface area contributed by atoms with Crippen molar-refractivity contribution in [2.45, 2.75) is 38.2 Å². The first-order chi connectivity index (χ1) is 9.31. The summed E-state index contributed by atoms with van der Waals surface area (Å²) in [7, 11) is 0. The van der Waals surface area contributed by atoms with Gasteiger partial charge in [-0.2, -0.15) is 0 Å². The second kappa shape index (κ2) is 7.73. The van der Waals surface area contributed by atoms with Crippen LogP contribution in [0.15, 0.2) is 18.2 Å². The fourth-order valence-electron chi connectivity index (χ4n) is 2.31. The predicted octanol–water partition coefficient (Wildman–Crippen LogP) is 3.21. The molecular weight excluding hydrogens is 264 g/mol. The van der Waals surface area contributed by atoms with Gasteiger partial charge < -0.3 is 14.6 Å². The third-order valence-electron chi connectivity index (χ3n) is 3.34. The quantitative estimate of drug-likeness (QED) is 0.906. The molecule has 0 radical (unpaired) electrons. The molecule has 0 fully saturated rings. The number of rotatable bonds is 2. The molecule has 3 nitrogen and oxygen atoms in total. The maximum atomic E-state index is 9.13. The van der Waals surface area contributed by atoms with Gasteiger partial charge in [0, 0.05) is 19.6 Å². The minimum atomic E-state index is 0.0314. The zero-order chi connectivity index (χ0) is 13.5. The van der Waals surface area contributed by atoms with Crippen LogP contribution >= 0.6 is 11.6 Å². The van der Waals surface area contributed by atoms with Crippen molar-refractivity contribution in [3.8, 4) is 5.75 Å². The molecule has 1 heterocycles. The number of aliphatic hydroxyl groups is 1. The molecule has 19 heavy (non-hydrogen) atoms. The molecule has 1 N–H and O–H groups in total. The van der Waals surface area contributed by atoms with Crippen molar-refractivity contribution in [2.24, 2.45) is 0 Å². The first-order valence-corrected chi connectivity index (χ1v) is 7.31. The van der Waals surface area contributed by atoms with Crippen LogP contribution in [0, 0.1) is 0 Å². The van der Waals surface area contributed by atoms with E-state index in [4.69, 9.17) is 26.2 Å². The molecule has 0 bridgehead atoms. The molecule has 1 aromatic rings. The first-order valence-electron chi connectivity index (χ1n) is 6.94. The summed E-state index contributed by atoms with van der Waals surface area (Å²) in [4.78, 5) is 0. The Kier molecular flexibility index (Phi) is 5.95. The average molecular weight is 285 g/mol. The monoisotopic (exact) mass is 284 g/mol. The van der Waals surface area contributed by atoms with Gasteiger partial charge in [0.25, 0.3) is 0 Å². The molecule has 1 aromatic carbocycles. The Balaban J connectivity index is 2.18. The van der Waals surface area contributed by atoms with E-state index in [1.165, 1.54) is 0 Å². The zero-order valence-corrected chi connectivity index (χ0v) is 11.9. The predicted molar refractivity (Wildman–Crippen MR) is 75.9 cm³/mol. The van der Waals surface area contributed by atoms with E-state index in [1.807, 2.05) is 18.2 Å². The van der Waals surface area contributed by atoms with Gasteiger partial charge in [0.2, 0.25) is 0 Å². The van der Waals surface area contributed by atoms with Gasteiger partial charge in [0.15, 0.2) is 0 Å². The molecule has 0 saturated heterocycles. The largest absolute Gasteiger partial charge is 0.492 e. The number of aliphatic hydroxyl groups excluding tert-OH is 1. The Bertz CT molecular complexity index is 395. The summed E-state index contributed by atoms with van der Waals surface area (Å²) >= 11 is 6.21. The fourth-order valence-corrected chi connectivity index (χ4v) is 2.56. The number of hydrogen-bond donors (Lipinski definition) is 1. The van der Waals surface area contributed by atoms with Crippen LogP contribution in [-0.2, 0) is 11.2 Å². The minimum absolute atomic E-state index is 0.0314. The van der Waals surface area contributed by atoms with Crippen molar-refractivity contribution in [3.63, 3.8) is 0 Å². The van der Waals surface area contributed by atoms with Crippen LogP contribution in [0.4, 0.5) is 0 Å². The molecule has 4 heteroatoms. The summed E-state index contributed by atoms with van der Waals surface area (Å²) in [5.74, 6) is 0.776. The second-order valence-electron chi connectivity index (χ2n) is 4.85. The number of fused-ring (bicyclic) bond motifs is 1. The molecular formula is C15H21ClO3. The van der Waals surface area contributed by atoms with Gasteiger partial charge in [-0.15, -0.1) is 0 Å². The van der Waals surface area contributed by atoms with Gasteiger partial charge in [-0.25, -0.2) is 0 Å². The van der Waals surface area contributed by atoms with E-state index >= 15 is 0 Å². The smallest absolute Gasteiger partial charge is 0.141 e. The SMILES string of the molecule is OCCC1Cc2cccc(Cl)c2OCCCCCO1. The summed E-state index contributed by atoms with van der Waals surface area (Å²) in [5, 5.41) is 9.78. The Hall–Kier alpha value is -0.770. The van der Waals surface area contributed by atoms with E-state index in [1.54, 1.807) is 0 Å². The van der Waals surface area contributed by atoms with Crippen LogP contribution < -0.4 is 4.74 Å². The molecule has 1 atom stereocenters. The molecule has 0 spiro atoms. The summed E-state index contributed by atoms with van der Waals surface area (Å²) in [5.41, 5.74) is 1.06. The van der Waals surface area contributed by atoms with E-state index in [-0.39, 0.29) is 12.7 Å². The van der Waals surface area contributed by atoms with Gasteiger partial charge in [-0.3, -0.25) is 0 Å². The second-order valence-corrected chi connectivity index (χ2v) is 5.25. The molecule has 1 aliphatic rings. The highest BCUT2D eigenvalue weighted by Gasteiger charge is 2.16. The van der Waals surface area contributed by atoms with E-state index in [9.17, 15) is 0 Å². The molecule has 0 saturated carbocycles. The third-order valence-corrected chi connectivity index (χ3v) is 3.63. The van der Waals surface area contributed by atoms with Crippen molar-refractivity contribution < 1.29 is 14.6 Å². The molecule has 0 aromatic heterocycles. The lowest BCUT2D eigenvalue weighted by Crippen LogP contribution is -2.18. The molecule has 1 aliphatic heterocycles. The van der Waals surface area contributed by atoms with Crippen LogP contribution in [0.5, 0.6) is 5.75 Å². The Morgan fingerprint density at radius 2 is 2.05 bits per heavy atom. The summed E-state index contributed by atoms with van der Waals surface area (Å²) in [6.45, 7) is 1.59. The number of para-hydroxylation sites is 1. The van der Waals surface area contributed by atoms with Crippen LogP contribution in [0.25, 0.3) is 0 Å². The van der Waals surface area contributed by atoms with Crippen molar-refractivity contribution in [2.75, 3.05) is 19.8 Å². The van der Waals surface area contributed by atoms with Gasteiger partial charge in [-0.1, -0.05) is 23.7 Å². The maximum absolute atomic E-state index is 9.13. The zero-order valence-electron chi connectivity index (χ0n) is 11.1. The van der Waals surface area contributed by atoms with Crippen LogP contribution in [-0.4, -0.2) is 31.0 Å². The third kappa shape index (κ3) is 4.37. The lowest BCUT2D eigenvalue weighted by atomic mass is 10.0. The molecule has 2 rings (SSSR count). The van der Waals surface area contributed by atoms with Crippen molar-refractivity contribution in [3.05, 3.63) is 28.8 Å². The summed E-state index contributed by atoms with van der Waals surface area (Å²) in [6.07, 6.45) is 4.55. The van der Waals surface area contributed by atoms with E-state index in [0.29, 0.717) is 18.1 Å². The molecule has 1 unspecified atom stereocenters. The molecule has 106 valence electrons. The van der Waals surface area contributed by atoms with E-state index < -0.39 is 0 Å². The Labute approximate surface area is 119 Å². The van der Waals surface area contributed by atoms with Crippen molar-refractivity contribution in [1.29, 1.82) is 0 Å². The van der Waals surface area contributed by atoms with Crippen molar-refractivity contribution in [1.82, 2.24) is 0 Å². The van der Waals surface area contributed by atoms with Crippen molar-refractivity contribution >= 4 is 11.6 Å². The highest BCUT2D eigenvalue weighted by atomic mass is 35.5. The lowest BCUT2D eigenvalue weighted by Gasteiger charge is -2.18. The molecule has 0 aliphatic carbocycles. The van der Waals surface area contributed by atoms with Gasteiger partial charge >= 0.3 is 0 Å². The maximum Gasteiger partial charge on any atom is 0.141 e. The van der Waals surface area contributed by atoms with Gasteiger partial charge in [-0.05, 0) is 37.3 Å². The average Bonchev–Trinajstić information content (AvgIpc) is 2.44. The highest BCUT2D eigenvalue weighted by molar-refractivity contribution is 6.32. The van der Waals surface area contributed by atoms with E-state index in [0.717, 1.165) is 43.6 Å². The number of hydrogen-bond acceptors (Lipinski definition) is 3. The summed E-state index contributed by atoms with van der Waals surface area (Å²) in [6, 6.07) is 5.80. The lowest BCUT2D eigenvalue weighted by molar-refractivity contribution is 0.0341. The van der Waals surface area contributed by atoms with Gasteiger partial charge in [0.05, 0.1) is 17.7 Å². The molecule has 0 amide bonds. The highest BCUT2D eigenvalue weighted by Crippen LogP contribution is 2.31. The first kappa shape index (κ1) is 14.6. The van der Waals surface area contributed by atoms with Crippen LogP contribution in [0.3, 0.4) is 0 Å².